The highest BCUT2D eigenvalue weighted by molar-refractivity contribution is 5.74. The van der Waals surface area contributed by atoms with Gasteiger partial charge in [-0.2, -0.15) is 0 Å². The molecule has 0 unspecified atom stereocenters. The van der Waals surface area contributed by atoms with E-state index in [2.05, 4.69) is 29.0 Å². The second-order valence-electron chi connectivity index (χ2n) is 4.25. The Morgan fingerprint density at radius 3 is 2.88 bits per heavy atom. The first kappa shape index (κ1) is 10.9. The molecule has 0 aliphatic heterocycles. The van der Waals surface area contributed by atoms with Gasteiger partial charge in [-0.3, -0.25) is 0 Å². The van der Waals surface area contributed by atoms with Gasteiger partial charge < -0.3 is 15.2 Å². The molecule has 2 N–H and O–H groups in total. The number of imidazole rings is 1. The summed E-state index contributed by atoms with van der Waals surface area (Å²) in [5, 5.41) is 0. The lowest BCUT2D eigenvalue weighted by Gasteiger charge is -2.08. The largest absolute Gasteiger partial charge is 0.397 e. The van der Waals surface area contributed by atoms with Crippen LogP contribution in [0.15, 0.2) is 12.3 Å². The molecule has 5 nitrogen and oxygen atoms in total. The van der Waals surface area contributed by atoms with Crippen molar-refractivity contribution in [1.29, 1.82) is 0 Å². The molecule has 0 atom stereocenters. The van der Waals surface area contributed by atoms with Gasteiger partial charge in [0.15, 0.2) is 5.65 Å². The van der Waals surface area contributed by atoms with Crippen molar-refractivity contribution in [3.63, 3.8) is 0 Å². The minimum Gasteiger partial charge on any atom is -0.397 e. The van der Waals surface area contributed by atoms with E-state index in [4.69, 9.17) is 5.73 Å². The summed E-state index contributed by atoms with van der Waals surface area (Å²) in [5.41, 5.74) is 8.11. The van der Waals surface area contributed by atoms with E-state index in [9.17, 15) is 0 Å². The Kier molecular flexibility index (Phi) is 2.78. The molecule has 2 aromatic heterocycles. The molecule has 0 bridgehead atoms. The molecule has 0 spiro atoms. The number of aromatic nitrogens is 3. The summed E-state index contributed by atoms with van der Waals surface area (Å²) < 4.78 is 2.03. The number of pyridine rings is 1. The zero-order valence-corrected chi connectivity index (χ0v) is 9.94. The third kappa shape index (κ3) is 1.99. The van der Waals surface area contributed by atoms with Crippen LogP contribution in [0.3, 0.4) is 0 Å². The van der Waals surface area contributed by atoms with Crippen molar-refractivity contribution >= 4 is 16.9 Å². The zero-order chi connectivity index (χ0) is 11.7. The summed E-state index contributed by atoms with van der Waals surface area (Å²) in [6.45, 7) is 0.979. The fourth-order valence-corrected chi connectivity index (χ4v) is 1.69. The normalized spacial score (nSPS) is 11.5. The van der Waals surface area contributed by atoms with Crippen LogP contribution >= 0.6 is 0 Å². The summed E-state index contributed by atoms with van der Waals surface area (Å²) in [4.78, 5) is 11.0. The van der Waals surface area contributed by atoms with Crippen molar-refractivity contribution in [3.05, 3.63) is 18.1 Å². The van der Waals surface area contributed by atoms with E-state index >= 15 is 0 Å². The first-order valence-electron chi connectivity index (χ1n) is 5.29. The molecule has 2 rings (SSSR count). The van der Waals surface area contributed by atoms with Gasteiger partial charge in [-0.15, -0.1) is 0 Å². The average molecular weight is 219 g/mol. The monoisotopic (exact) mass is 219 g/mol. The van der Waals surface area contributed by atoms with Gasteiger partial charge in [0.2, 0.25) is 0 Å². The van der Waals surface area contributed by atoms with Crippen molar-refractivity contribution in [2.75, 3.05) is 26.4 Å². The Balaban J connectivity index is 2.36. The quantitative estimate of drug-likeness (QED) is 0.823. The average Bonchev–Trinajstić information content (AvgIpc) is 2.52. The van der Waals surface area contributed by atoms with Crippen LogP contribution in [0.5, 0.6) is 0 Å². The van der Waals surface area contributed by atoms with Crippen LogP contribution in [-0.2, 0) is 13.5 Å². The number of aryl methyl sites for hydroxylation is 1. The van der Waals surface area contributed by atoms with E-state index in [0.29, 0.717) is 5.69 Å². The molecule has 2 aromatic rings. The van der Waals surface area contributed by atoms with Crippen molar-refractivity contribution in [1.82, 2.24) is 19.4 Å². The first-order valence-corrected chi connectivity index (χ1v) is 5.29. The zero-order valence-electron chi connectivity index (χ0n) is 9.94. The maximum absolute atomic E-state index is 5.69. The highest BCUT2D eigenvalue weighted by Crippen LogP contribution is 2.15. The van der Waals surface area contributed by atoms with Crippen LogP contribution < -0.4 is 5.73 Å². The lowest BCUT2D eigenvalue weighted by molar-refractivity contribution is 0.408. The second-order valence-corrected chi connectivity index (χ2v) is 4.25. The molecule has 0 saturated heterocycles. The number of likely N-dealkylation sites (N-methyl/N-ethyl adjacent to an activating group) is 1. The van der Waals surface area contributed by atoms with Crippen LogP contribution in [0, 0.1) is 0 Å². The Morgan fingerprint density at radius 1 is 1.44 bits per heavy atom. The van der Waals surface area contributed by atoms with Gasteiger partial charge in [-0.25, -0.2) is 9.97 Å². The number of hydrogen-bond donors (Lipinski definition) is 1. The summed E-state index contributed by atoms with van der Waals surface area (Å²) in [7, 11) is 6.10. The molecular formula is C11H17N5. The second kappa shape index (κ2) is 4.09. The van der Waals surface area contributed by atoms with Gasteiger partial charge in [0, 0.05) is 20.0 Å². The minimum absolute atomic E-state index is 0.657. The summed E-state index contributed by atoms with van der Waals surface area (Å²) in [6.07, 6.45) is 2.58. The predicted molar refractivity (Wildman–Crippen MR) is 65.2 cm³/mol. The molecule has 0 fully saturated rings. The molecule has 5 heteroatoms. The van der Waals surface area contributed by atoms with Crippen molar-refractivity contribution in [2.45, 2.75) is 6.42 Å². The maximum Gasteiger partial charge on any atom is 0.159 e. The van der Waals surface area contributed by atoms with E-state index in [0.717, 1.165) is 30.0 Å². The highest BCUT2D eigenvalue weighted by Gasteiger charge is 2.08. The molecule has 0 aromatic carbocycles. The van der Waals surface area contributed by atoms with E-state index in [1.54, 1.807) is 6.20 Å². The molecule has 2 heterocycles. The van der Waals surface area contributed by atoms with E-state index in [1.807, 2.05) is 17.7 Å². The van der Waals surface area contributed by atoms with Crippen LogP contribution in [0.1, 0.15) is 5.82 Å². The molecular weight excluding hydrogens is 202 g/mol. The number of rotatable bonds is 3. The van der Waals surface area contributed by atoms with Crippen molar-refractivity contribution in [2.24, 2.45) is 7.05 Å². The smallest absolute Gasteiger partial charge is 0.159 e. The molecule has 0 aliphatic carbocycles. The summed E-state index contributed by atoms with van der Waals surface area (Å²) in [5.74, 6) is 1.04. The molecule has 86 valence electrons. The van der Waals surface area contributed by atoms with Gasteiger partial charge in [0.05, 0.1) is 11.9 Å². The third-order valence-corrected chi connectivity index (χ3v) is 2.61. The molecule has 16 heavy (non-hydrogen) atoms. The van der Waals surface area contributed by atoms with Crippen LogP contribution in [0.4, 0.5) is 5.69 Å². The van der Waals surface area contributed by atoms with Gasteiger partial charge in [0.25, 0.3) is 0 Å². The van der Waals surface area contributed by atoms with Crippen LogP contribution in [-0.4, -0.2) is 40.1 Å². The number of fused-ring (bicyclic) bond motifs is 1. The number of anilines is 1. The molecule has 0 radical (unpaired) electrons. The number of nitrogens with zero attached hydrogens (tertiary/aromatic N) is 4. The topological polar surface area (TPSA) is 60.0 Å². The predicted octanol–water partition coefficient (Wildman–Crippen LogP) is 0.655. The SMILES string of the molecule is CN(C)CCc1nc2cc(N)cnc2n1C. The number of hydrogen-bond acceptors (Lipinski definition) is 4. The van der Waals surface area contributed by atoms with E-state index in [-0.39, 0.29) is 0 Å². The maximum atomic E-state index is 5.69. The Hall–Kier alpha value is -1.62. The molecule has 0 aliphatic rings. The minimum atomic E-state index is 0.657. The fourth-order valence-electron chi connectivity index (χ4n) is 1.69. The van der Waals surface area contributed by atoms with Gasteiger partial charge in [-0.1, -0.05) is 0 Å². The standard InChI is InChI=1S/C11H17N5/c1-15(2)5-4-10-14-9-6-8(12)7-13-11(9)16(10)3/h6-7H,4-5,12H2,1-3H3. The molecule has 0 saturated carbocycles. The number of nitrogens with two attached hydrogens (primary N) is 1. The molecule has 0 amide bonds. The van der Waals surface area contributed by atoms with Gasteiger partial charge in [-0.05, 0) is 20.2 Å². The van der Waals surface area contributed by atoms with Crippen molar-refractivity contribution in [3.8, 4) is 0 Å². The van der Waals surface area contributed by atoms with Crippen LogP contribution in [0.2, 0.25) is 0 Å². The van der Waals surface area contributed by atoms with Crippen LogP contribution in [0.25, 0.3) is 11.2 Å². The highest BCUT2D eigenvalue weighted by atomic mass is 15.1. The summed E-state index contributed by atoms with van der Waals surface area (Å²) in [6, 6.07) is 1.86. The van der Waals surface area contributed by atoms with Gasteiger partial charge >= 0.3 is 0 Å². The first-order chi connectivity index (χ1) is 7.58. The summed E-state index contributed by atoms with van der Waals surface area (Å²) >= 11 is 0. The fraction of sp³-hybridized carbons (Fsp3) is 0.455. The van der Waals surface area contributed by atoms with E-state index in [1.165, 1.54) is 0 Å². The third-order valence-electron chi connectivity index (χ3n) is 2.61. The van der Waals surface area contributed by atoms with Crippen molar-refractivity contribution < 1.29 is 0 Å². The lowest BCUT2D eigenvalue weighted by atomic mass is 10.4. The number of nitrogen functional groups attached to an aromatic ring is 1. The lowest BCUT2D eigenvalue weighted by Crippen LogP contribution is -2.16. The Bertz CT molecular complexity index is 500. The Morgan fingerprint density at radius 2 is 2.19 bits per heavy atom. The van der Waals surface area contributed by atoms with Gasteiger partial charge in [0.1, 0.15) is 11.3 Å². The van der Waals surface area contributed by atoms with E-state index < -0.39 is 0 Å². The Labute approximate surface area is 94.9 Å².